The second kappa shape index (κ2) is 5.99. The number of nitrogens with zero attached hydrogens (tertiary/aromatic N) is 1. The quantitative estimate of drug-likeness (QED) is 0.891. The van der Waals surface area contributed by atoms with Crippen molar-refractivity contribution < 1.29 is 4.74 Å². The number of nitrogens with one attached hydrogen (secondary N) is 1. The lowest BCUT2D eigenvalue weighted by Gasteiger charge is -2.11. The summed E-state index contributed by atoms with van der Waals surface area (Å²) in [7, 11) is 0. The van der Waals surface area contributed by atoms with E-state index in [0.717, 1.165) is 0 Å². The van der Waals surface area contributed by atoms with Gasteiger partial charge in [0, 0.05) is 0 Å². The average Bonchev–Trinajstić information content (AvgIpc) is 2.39. The molecular weight excluding hydrogens is 285 g/mol. The molecule has 0 fully saturated rings. The van der Waals surface area contributed by atoms with Gasteiger partial charge < -0.3 is 15.8 Å². The van der Waals surface area contributed by atoms with Gasteiger partial charge in [-0.05, 0) is 31.2 Å². The predicted octanol–water partition coefficient (Wildman–Crippen LogP) is 4.11. The van der Waals surface area contributed by atoms with Crippen LogP contribution in [0.4, 0.5) is 17.2 Å². The first-order valence-corrected chi connectivity index (χ1v) is 6.47. The van der Waals surface area contributed by atoms with E-state index in [0.29, 0.717) is 39.7 Å². The summed E-state index contributed by atoms with van der Waals surface area (Å²) in [6, 6.07) is 8.80. The minimum Gasteiger partial charge on any atom is -0.476 e. The zero-order valence-electron chi connectivity index (χ0n) is 10.3. The zero-order valence-corrected chi connectivity index (χ0v) is 11.8. The van der Waals surface area contributed by atoms with E-state index in [4.69, 9.17) is 33.7 Å². The van der Waals surface area contributed by atoms with Crippen LogP contribution in [0.3, 0.4) is 0 Å². The van der Waals surface area contributed by atoms with Crippen LogP contribution >= 0.6 is 23.2 Å². The largest absolute Gasteiger partial charge is 0.476 e. The molecule has 0 aliphatic heterocycles. The molecule has 19 heavy (non-hydrogen) atoms. The second-order valence-electron chi connectivity index (χ2n) is 3.75. The molecule has 0 amide bonds. The molecule has 2 rings (SSSR count). The summed E-state index contributed by atoms with van der Waals surface area (Å²) < 4.78 is 5.33. The van der Waals surface area contributed by atoms with E-state index in [1.165, 1.54) is 0 Å². The van der Waals surface area contributed by atoms with Crippen molar-refractivity contribution in [3.8, 4) is 5.88 Å². The van der Waals surface area contributed by atoms with Gasteiger partial charge in [-0.15, -0.1) is 0 Å². The van der Waals surface area contributed by atoms with Gasteiger partial charge in [-0.1, -0.05) is 29.3 Å². The van der Waals surface area contributed by atoms with E-state index in [1.807, 2.05) is 13.0 Å². The summed E-state index contributed by atoms with van der Waals surface area (Å²) >= 11 is 12.0. The molecule has 0 unspecified atom stereocenters. The molecular formula is C13H13Cl2N3O. The fraction of sp³-hybridized carbons (Fsp3) is 0.154. The number of hydrogen-bond donors (Lipinski definition) is 2. The molecule has 1 aromatic heterocycles. The van der Waals surface area contributed by atoms with Gasteiger partial charge in [-0.25, -0.2) is 0 Å². The molecule has 0 aliphatic rings. The van der Waals surface area contributed by atoms with Crippen molar-refractivity contribution in [3.63, 3.8) is 0 Å². The first-order valence-electron chi connectivity index (χ1n) is 5.72. The lowest BCUT2D eigenvalue weighted by molar-refractivity contribution is 0.329. The van der Waals surface area contributed by atoms with Crippen LogP contribution in [-0.4, -0.2) is 11.6 Å². The summed E-state index contributed by atoms with van der Waals surface area (Å²) in [5.41, 5.74) is 6.93. The maximum atomic E-state index is 6.10. The number of anilines is 3. The molecule has 0 radical (unpaired) electrons. The molecule has 0 saturated carbocycles. The van der Waals surface area contributed by atoms with Gasteiger partial charge in [0.2, 0.25) is 5.88 Å². The van der Waals surface area contributed by atoms with Crippen molar-refractivity contribution >= 4 is 40.4 Å². The molecule has 6 heteroatoms. The Balaban J connectivity index is 2.28. The predicted molar refractivity (Wildman–Crippen MR) is 79.6 cm³/mol. The van der Waals surface area contributed by atoms with Gasteiger partial charge >= 0.3 is 0 Å². The number of nitrogens with two attached hydrogens (primary N) is 1. The van der Waals surface area contributed by atoms with E-state index < -0.39 is 0 Å². The minimum atomic E-state index is 0.394. The highest BCUT2D eigenvalue weighted by atomic mass is 35.5. The molecule has 1 heterocycles. The summed E-state index contributed by atoms with van der Waals surface area (Å²) in [5, 5.41) is 4.00. The minimum absolute atomic E-state index is 0.394. The molecule has 0 aliphatic carbocycles. The summed E-state index contributed by atoms with van der Waals surface area (Å²) in [5.74, 6) is 0.979. The molecule has 4 nitrogen and oxygen atoms in total. The van der Waals surface area contributed by atoms with E-state index in [-0.39, 0.29) is 0 Å². The number of ether oxygens (including phenoxy) is 1. The smallest absolute Gasteiger partial charge is 0.239 e. The number of rotatable bonds is 4. The molecule has 100 valence electrons. The van der Waals surface area contributed by atoms with Crippen molar-refractivity contribution in [2.75, 3.05) is 17.7 Å². The third-order valence-electron chi connectivity index (χ3n) is 2.39. The molecule has 0 bridgehead atoms. The third kappa shape index (κ3) is 3.22. The van der Waals surface area contributed by atoms with Crippen molar-refractivity contribution in [2.24, 2.45) is 0 Å². The van der Waals surface area contributed by atoms with Crippen molar-refractivity contribution in [3.05, 3.63) is 40.4 Å². The molecule has 0 atom stereocenters. The Labute approximate surface area is 121 Å². The highest BCUT2D eigenvalue weighted by molar-refractivity contribution is 6.43. The van der Waals surface area contributed by atoms with E-state index in [9.17, 15) is 0 Å². The van der Waals surface area contributed by atoms with Gasteiger partial charge in [0.25, 0.3) is 0 Å². The lowest BCUT2D eigenvalue weighted by atomic mass is 10.3. The number of halogens is 2. The Hall–Kier alpha value is -1.65. The number of pyridine rings is 1. The van der Waals surface area contributed by atoms with Crippen molar-refractivity contribution in [1.82, 2.24) is 4.98 Å². The number of aromatic nitrogens is 1. The van der Waals surface area contributed by atoms with Crippen LogP contribution in [0, 0.1) is 0 Å². The Morgan fingerprint density at radius 1 is 1.26 bits per heavy atom. The molecule has 1 aromatic carbocycles. The molecule has 0 saturated heterocycles. The fourth-order valence-electron chi connectivity index (χ4n) is 1.51. The van der Waals surface area contributed by atoms with Gasteiger partial charge in [0.05, 0.1) is 28.0 Å². The summed E-state index contributed by atoms with van der Waals surface area (Å²) in [4.78, 5) is 4.27. The Kier molecular flexibility index (Phi) is 4.35. The monoisotopic (exact) mass is 297 g/mol. The molecule has 3 N–H and O–H groups in total. The van der Waals surface area contributed by atoms with Crippen LogP contribution in [0.1, 0.15) is 6.92 Å². The highest BCUT2D eigenvalue weighted by Crippen LogP contribution is 2.32. The van der Waals surface area contributed by atoms with Crippen molar-refractivity contribution in [1.29, 1.82) is 0 Å². The van der Waals surface area contributed by atoms with Crippen LogP contribution in [0.2, 0.25) is 10.0 Å². The maximum absolute atomic E-state index is 6.10. The molecule has 2 aromatic rings. The SMILES string of the molecule is CCOc1nc(Nc2cccc(Cl)c2Cl)ccc1N. The van der Waals surface area contributed by atoms with Crippen LogP contribution in [-0.2, 0) is 0 Å². The van der Waals surface area contributed by atoms with Gasteiger partial charge in [-0.2, -0.15) is 4.98 Å². The van der Waals surface area contributed by atoms with Gasteiger partial charge in [0.1, 0.15) is 5.82 Å². The first-order chi connectivity index (χ1) is 9.11. The summed E-state index contributed by atoms with van der Waals surface area (Å²) in [6.45, 7) is 2.37. The van der Waals surface area contributed by atoms with E-state index in [1.54, 1.807) is 24.3 Å². The third-order valence-corrected chi connectivity index (χ3v) is 3.20. The zero-order chi connectivity index (χ0) is 13.8. The first kappa shape index (κ1) is 13.8. The topological polar surface area (TPSA) is 60.2 Å². The van der Waals surface area contributed by atoms with Gasteiger partial charge in [-0.3, -0.25) is 0 Å². The summed E-state index contributed by atoms with van der Waals surface area (Å²) in [6.07, 6.45) is 0. The highest BCUT2D eigenvalue weighted by Gasteiger charge is 2.07. The van der Waals surface area contributed by atoms with Gasteiger partial charge in [0.15, 0.2) is 0 Å². The Morgan fingerprint density at radius 3 is 2.79 bits per heavy atom. The van der Waals surface area contributed by atoms with Crippen LogP contribution in [0.25, 0.3) is 0 Å². The Bertz CT molecular complexity index is 590. The molecule has 0 spiro atoms. The van der Waals surface area contributed by atoms with Crippen LogP contribution in [0.5, 0.6) is 5.88 Å². The number of hydrogen-bond acceptors (Lipinski definition) is 4. The van der Waals surface area contributed by atoms with Crippen LogP contribution < -0.4 is 15.8 Å². The van der Waals surface area contributed by atoms with E-state index >= 15 is 0 Å². The lowest BCUT2D eigenvalue weighted by Crippen LogP contribution is -2.02. The fourth-order valence-corrected chi connectivity index (χ4v) is 1.86. The number of benzene rings is 1. The normalized spacial score (nSPS) is 10.3. The van der Waals surface area contributed by atoms with E-state index in [2.05, 4.69) is 10.3 Å². The maximum Gasteiger partial charge on any atom is 0.239 e. The Morgan fingerprint density at radius 2 is 2.05 bits per heavy atom. The standard InChI is InChI=1S/C13H13Cl2N3O/c1-2-19-13-9(16)6-7-11(18-13)17-10-5-3-4-8(14)12(10)15/h3-7H,2,16H2,1H3,(H,17,18). The average molecular weight is 298 g/mol. The second-order valence-corrected chi connectivity index (χ2v) is 4.54. The van der Waals surface area contributed by atoms with Crippen LogP contribution in [0.15, 0.2) is 30.3 Å². The number of nitrogen functional groups attached to an aromatic ring is 1. The van der Waals surface area contributed by atoms with Crippen molar-refractivity contribution in [2.45, 2.75) is 6.92 Å².